The van der Waals surface area contributed by atoms with Crippen molar-refractivity contribution in [2.24, 2.45) is 4.99 Å². The van der Waals surface area contributed by atoms with Crippen LogP contribution in [0.15, 0.2) is 28.0 Å². The maximum Gasteiger partial charge on any atom is 0.305 e. The summed E-state index contributed by atoms with van der Waals surface area (Å²) in [7, 11) is 0. The summed E-state index contributed by atoms with van der Waals surface area (Å²) in [6, 6.07) is 6.09. The van der Waals surface area contributed by atoms with Gasteiger partial charge in [0.05, 0.1) is 6.42 Å². The molecule has 8 nitrogen and oxygen atoms in total. The fourth-order valence-electron chi connectivity index (χ4n) is 2.09. The van der Waals surface area contributed by atoms with Gasteiger partial charge in [-0.05, 0) is 30.5 Å². The molecule has 0 saturated heterocycles. The molecule has 5 N–H and O–H groups in total. The Hall–Kier alpha value is -3.16. The van der Waals surface area contributed by atoms with Crippen molar-refractivity contribution in [2.75, 3.05) is 17.6 Å². The SMILES string of the molecule is Cc1ccc(CNc2nc(C=NCCC(=O)O)c(N)c(=O)[nH]2)cc1C. The van der Waals surface area contributed by atoms with E-state index in [2.05, 4.69) is 26.3 Å². The number of hydrogen-bond acceptors (Lipinski definition) is 6. The summed E-state index contributed by atoms with van der Waals surface area (Å²) in [6.07, 6.45) is 1.21. The van der Waals surface area contributed by atoms with E-state index in [0.29, 0.717) is 6.54 Å². The average Bonchev–Trinajstić information content (AvgIpc) is 2.56. The lowest BCUT2D eigenvalue weighted by Gasteiger charge is -2.09. The second-order valence-corrected chi connectivity index (χ2v) is 5.66. The molecule has 2 aromatic rings. The second kappa shape index (κ2) is 8.09. The Kier molecular flexibility index (Phi) is 5.89. The van der Waals surface area contributed by atoms with Crippen LogP contribution in [-0.2, 0) is 11.3 Å². The van der Waals surface area contributed by atoms with Crippen LogP contribution in [0.4, 0.5) is 11.6 Å². The summed E-state index contributed by atoms with van der Waals surface area (Å²) in [5.74, 6) is -0.670. The highest BCUT2D eigenvalue weighted by Gasteiger charge is 2.07. The van der Waals surface area contributed by atoms with E-state index < -0.39 is 11.5 Å². The summed E-state index contributed by atoms with van der Waals surface area (Å²) < 4.78 is 0. The zero-order valence-corrected chi connectivity index (χ0v) is 14.2. The molecule has 0 saturated carbocycles. The van der Waals surface area contributed by atoms with Crippen LogP contribution >= 0.6 is 0 Å². The molecule has 1 aromatic heterocycles. The molecule has 0 fully saturated rings. The first-order valence-electron chi connectivity index (χ1n) is 7.78. The van der Waals surface area contributed by atoms with Crippen molar-refractivity contribution in [1.29, 1.82) is 0 Å². The summed E-state index contributed by atoms with van der Waals surface area (Å²) in [4.78, 5) is 33.1. The Labute approximate surface area is 144 Å². The van der Waals surface area contributed by atoms with E-state index in [1.165, 1.54) is 17.3 Å². The van der Waals surface area contributed by atoms with Gasteiger partial charge in [-0.2, -0.15) is 0 Å². The van der Waals surface area contributed by atoms with Crippen molar-refractivity contribution in [3.8, 4) is 0 Å². The predicted molar refractivity (Wildman–Crippen MR) is 97.2 cm³/mol. The largest absolute Gasteiger partial charge is 0.481 e. The number of aromatic amines is 1. The van der Waals surface area contributed by atoms with Crippen LogP contribution in [0, 0.1) is 13.8 Å². The van der Waals surface area contributed by atoms with Gasteiger partial charge in [0.2, 0.25) is 5.95 Å². The lowest BCUT2D eigenvalue weighted by Crippen LogP contribution is -2.19. The number of anilines is 2. The molecule has 25 heavy (non-hydrogen) atoms. The summed E-state index contributed by atoms with van der Waals surface area (Å²) in [5.41, 5.74) is 8.82. The van der Waals surface area contributed by atoms with E-state index in [0.717, 1.165) is 5.56 Å². The topological polar surface area (TPSA) is 133 Å². The molecule has 0 bridgehead atoms. The summed E-state index contributed by atoms with van der Waals surface area (Å²) in [5, 5.41) is 11.6. The number of carboxylic acid groups (broad SMARTS) is 1. The molecule has 0 amide bonds. The van der Waals surface area contributed by atoms with E-state index >= 15 is 0 Å². The molecule has 0 atom stereocenters. The number of nitrogens with one attached hydrogen (secondary N) is 2. The lowest BCUT2D eigenvalue weighted by molar-refractivity contribution is -0.136. The van der Waals surface area contributed by atoms with E-state index in [1.54, 1.807) is 0 Å². The summed E-state index contributed by atoms with van der Waals surface area (Å²) >= 11 is 0. The Bertz CT molecular complexity index is 858. The minimum absolute atomic E-state index is 0.0594. The molecule has 0 radical (unpaired) electrons. The number of nitrogens with zero attached hydrogens (tertiary/aromatic N) is 2. The Morgan fingerprint density at radius 3 is 2.84 bits per heavy atom. The van der Waals surface area contributed by atoms with Gasteiger partial charge in [-0.3, -0.25) is 19.6 Å². The smallest absolute Gasteiger partial charge is 0.305 e. The number of nitrogen functional groups attached to an aromatic ring is 1. The van der Waals surface area contributed by atoms with Gasteiger partial charge < -0.3 is 16.2 Å². The zero-order chi connectivity index (χ0) is 18.4. The number of H-pyrrole nitrogens is 1. The van der Waals surface area contributed by atoms with Gasteiger partial charge in [0.15, 0.2) is 0 Å². The fourth-order valence-corrected chi connectivity index (χ4v) is 2.09. The first kappa shape index (κ1) is 18.2. The highest BCUT2D eigenvalue weighted by molar-refractivity contribution is 5.84. The molecule has 0 aliphatic carbocycles. The average molecular weight is 343 g/mol. The van der Waals surface area contributed by atoms with Crippen molar-refractivity contribution in [1.82, 2.24) is 9.97 Å². The van der Waals surface area contributed by atoms with E-state index in [9.17, 15) is 9.59 Å². The van der Waals surface area contributed by atoms with Crippen molar-refractivity contribution >= 4 is 23.8 Å². The molecule has 0 aliphatic rings. The molecule has 2 rings (SSSR count). The number of carbonyl (C=O) groups is 1. The van der Waals surface area contributed by atoms with Gasteiger partial charge >= 0.3 is 5.97 Å². The predicted octanol–water partition coefficient (Wildman–Crippen LogP) is 1.47. The van der Waals surface area contributed by atoms with E-state index in [-0.39, 0.29) is 30.3 Å². The lowest BCUT2D eigenvalue weighted by atomic mass is 10.1. The highest BCUT2D eigenvalue weighted by atomic mass is 16.4. The van der Waals surface area contributed by atoms with Gasteiger partial charge in [-0.15, -0.1) is 0 Å². The van der Waals surface area contributed by atoms with Crippen molar-refractivity contribution < 1.29 is 9.90 Å². The normalized spacial score (nSPS) is 11.0. The van der Waals surface area contributed by atoms with Gasteiger partial charge in [-0.1, -0.05) is 18.2 Å². The first-order chi connectivity index (χ1) is 11.9. The van der Waals surface area contributed by atoms with Gasteiger partial charge in [0.25, 0.3) is 5.56 Å². The molecular weight excluding hydrogens is 322 g/mol. The van der Waals surface area contributed by atoms with Gasteiger partial charge in [-0.25, -0.2) is 4.98 Å². The molecule has 0 unspecified atom stereocenters. The Morgan fingerprint density at radius 2 is 2.16 bits per heavy atom. The third kappa shape index (κ3) is 5.17. The number of aliphatic carboxylic acids is 1. The van der Waals surface area contributed by atoms with Crippen molar-refractivity contribution in [3.63, 3.8) is 0 Å². The Balaban J connectivity index is 2.11. The molecule has 132 valence electrons. The number of aryl methyl sites for hydroxylation is 2. The van der Waals surface area contributed by atoms with Crippen LogP contribution in [0.3, 0.4) is 0 Å². The Morgan fingerprint density at radius 1 is 1.40 bits per heavy atom. The number of rotatable bonds is 7. The molecule has 0 aliphatic heterocycles. The zero-order valence-electron chi connectivity index (χ0n) is 14.2. The monoisotopic (exact) mass is 343 g/mol. The third-order valence-corrected chi connectivity index (χ3v) is 3.68. The minimum Gasteiger partial charge on any atom is -0.481 e. The van der Waals surface area contributed by atoms with Crippen LogP contribution in [0.1, 0.15) is 28.8 Å². The fraction of sp³-hybridized carbons (Fsp3) is 0.294. The van der Waals surface area contributed by atoms with Crippen LogP contribution < -0.4 is 16.6 Å². The molecular formula is C17H21N5O3. The van der Waals surface area contributed by atoms with E-state index in [4.69, 9.17) is 10.8 Å². The third-order valence-electron chi connectivity index (χ3n) is 3.68. The maximum absolute atomic E-state index is 11.9. The number of carboxylic acids is 1. The van der Waals surface area contributed by atoms with Crippen molar-refractivity contribution in [2.45, 2.75) is 26.8 Å². The first-order valence-corrected chi connectivity index (χ1v) is 7.78. The molecule has 0 spiro atoms. The van der Waals surface area contributed by atoms with E-state index in [1.807, 2.05) is 26.0 Å². The number of aliphatic imine (C=N–C) groups is 1. The second-order valence-electron chi connectivity index (χ2n) is 5.66. The quantitative estimate of drug-likeness (QED) is 0.563. The molecule has 1 aromatic carbocycles. The number of hydrogen-bond donors (Lipinski definition) is 4. The number of aromatic nitrogens is 2. The molecule has 8 heteroatoms. The summed E-state index contributed by atoms with van der Waals surface area (Å²) in [6.45, 7) is 4.66. The number of nitrogens with two attached hydrogens (primary N) is 1. The van der Waals surface area contributed by atoms with Crippen LogP contribution in [0.5, 0.6) is 0 Å². The van der Waals surface area contributed by atoms with Gasteiger partial charge in [0, 0.05) is 19.3 Å². The number of benzene rings is 1. The van der Waals surface area contributed by atoms with Crippen LogP contribution in [0.25, 0.3) is 0 Å². The molecule has 1 heterocycles. The maximum atomic E-state index is 11.9. The van der Waals surface area contributed by atoms with Crippen molar-refractivity contribution in [3.05, 3.63) is 50.9 Å². The van der Waals surface area contributed by atoms with Crippen LogP contribution in [0.2, 0.25) is 0 Å². The highest BCUT2D eigenvalue weighted by Crippen LogP contribution is 2.11. The standard InChI is InChI=1S/C17H21N5O3/c1-10-3-4-12(7-11(10)2)8-20-17-21-13(15(18)16(25)22-17)9-19-6-5-14(23)24/h3-4,7,9H,5-6,8,18H2,1-2H3,(H,23,24)(H2,20,21,22,25). The van der Waals surface area contributed by atoms with Gasteiger partial charge in [0.1, 0.15) is 11.4 Å². The minimum atomic E-state index is -0.945. The van der Waals surface area contributed by atoms with Crippen LogP contribution in [-0.4, -0.2) is 33.8 Å².